The van der Waals surface area contributed by atoms with Crippen molar-refractivity contribution in [3.05, 3.63) is 119 Å². The van der Waals surface area contributed by atoms with Crippen LogP contribution in [0.5, 0.6) is 0 Å². The molecule has 1 aromatic heterocycles. The van der Waals surface area contributed by atoms with Gasteiger partial charge in [-0.1, -0.05) is 117 Å². The number of benzene rings is 3. The number of aliphatic carboxylic acids is 1. The standard InChI is InChI=1S/C28H27N3O4S.C6H15N/c1-3-34-20(2)35-31-25(26(32)33)24-19-36-27(29-24)30-28(21-13-7-4-8-14-21,22-15-9-5-10-16-22)23-17-11-6-12-18-23;1-4-7(5-2)6-3/h4-20H,3H2,1-2H3,(H,29,30)(H,32,33);4-6H2,1-3H3/b31-25-;. The molecule has 0 fully saturated rings. The van der Waals surface area contributed by atoms with Crippen LogP contribution in [0.3, 0.4) is 0 Å². The minimum atomic E-state index is -1.24. The lowest BCUT2D eigenvalue weighted by molar-refractivity contribution is -0.133. The first-order valence-corrected chi connectivity index (χ1v) is 15.5. The second kappa shape index (κ2) is 17.2. The molecule has 3 aromatic carbocycles. The van der Waals surface area contributed by atoms with E-state index in [1.54, 1.807) is 12.3 Å². The molecule has 0 spiro atoms. The molecule has 4 aromatic rings. The van der Waals surface area contributed by atoms with E-state index in [1.807, 2.05) is 61.5 Å². The Morgan fingerprint density at radius 2 is 1.35 bits per heavy atom. The summed E-state index contributed by atoms with van der Waals surface area (Å²) < 4.78 is 5.27. The van der Waals surface area contributed by atoms with Gasteiger partial charge >= 0.3 is 5.97 Å². The van der Waals surface area contributed by atoms with Gasteiger partial charge in [0, 0.05) is 18.9 Å². The number of carbonyl (C=O) groups is 1. The van der Waals surface area contributed by atoms with Crippen molar-refractivity contribution in [2.24, 2.45) is 5.16 Å². The van der Waals surface area contributed by atoms with Crippen LogP contribution in [0.4, 0.5) is 5.13 Å². The van der Waals surface area contributed by atoms with E-state index >= 15 is 0 Å². The maximum atomic E-state index is 11.9. The SMILES string of the molecule is CCN(CC)CC.CCOC(C)O/N=C(\C(=O)O)c1csc(NC(c2ccccc2)(c2ccccc2)c2ccccc2)n1. The van der Waals surface area contributed by atoms with Crippen molar-refractivity contribution in [3.63, 3.8) is 0 Å². The lowest BCUT2D eigenvalue weighted by Gasteiger charge is -2.36. The fraction of sp³-hybridized carbons (Fsp3) is 0.324. The molecule has 0 saturated heterocycles. The van der Waals surface area contributed by atoms with Gasteiger partial charge in [0.1, 0.15) is 11.2 Å². The summed E-state index contributed by atoms with van der Waals surface area (Å²) in [6, 6.07) is 30.3. The van der Waals surface area contributed by atoms with Crippen LogP contribution in [-0.2, 0) is 19.9 Å². The van der Waals surface area contributed by atoms with Crippen LogP contribution in [0.1, 0.15) is 57.0 Å². The van der Waals surface area contributed by atoms with Crippen molar-refractivity contribution in [2.45, 2.75) is 46.4 Å². The summed E-state index contributed by atoms with van der Waals surface area (Å²) in [5, 5.41) is 19.4. The van der Waals surface area contributed by atoms with E-state index in [4.69, 9.17) is 9.57 Å². The van der Waals surface area contributed by atoms with Crippen molar-refractivity contribution in [2.75, 3.05) is 31.6 Å². The van der Waals surface area contributed by atoms with Crippen LogP contribution >= 0.6 is 11.3 Å². The van der Waals surface area contributed by atoms with Crippen molar-refractivity contribution < 1.29 is 19.5 Å². The first kappa shape index (κ1) is 33.5. The fourth-order valence-corrected chi connectivity index (χ4v) is 5.39. The molecule has 43 heavy (non-hydrogen) atoms. The summed E-state index contributed by atoms with van der Waals surface area (Å²) in [6.45, 7) is 14.0. The van der Waals surface area contributed by atoms with E-state index in [-0.39, 0.29) is 11.4 Å². The van der Waals surface area contributed by atoms with Gasteiger partial charge in [-0.05, 0) is 43.2 Å². The highest BCUT2D eigenvalue weighted by Gasteiger charge is 2.37. The predicted molar refractivity (Wildman–Crippen MR) is 175 cm³/mol. The number of ether oxygens (including phenoxy) is 1. The zero-order valence-corrected chi connectivity index (χ0v) is 26.4. The molecule has 9 heteroatoms. The van der Waals surface area contributed by atoms with Crippen LogP contribution in [0.25, 0.3) is 0 Å². The molecule has 4 rings (SSSR count). The van der Waals surface area contributed by atoms with E-state index in [1.165, 1.54) is 31.0 Å². The number of oxime groups is 1. The van der Waals surface area contributed by atoms with Crippen LogP contribution < -0.4 is 5.32 Å². The number of anilines is 1. The first-order chi connectivity index (χ1) is 20.9. The predicted octanol–water partition coefficient (Wildman–Crippen LogP) is 7.08. The Kier molecular flexibility index (Phi) is 13.3. The Balaban J connectivity index is 0.000000646. The highest BCUT2D eigenvalue weighted by molar-refractivity contribution is 7.14. The van der Waals surface area contributed by atoms with Crippen LogP contribution in [0, 0.1) is 0 Å². The molecule has 1 heterocycles. The zero-order chi connectivity index (χ0) is 31.1. The molecular formula is C34H42N4O4S. The molecule has 228 valence electrons. The Morgan fingerprint density at radius 1 is 0.884 bits per heavy atom. The number of nitrogens with zero attached hydrogens (tertiary/aromatic N) is 3. The molecular weight excluding hydrogens is 560 g/mol. The second-order valence-corrected chi connectivity index (χ2v) is 10.4. The van der Waals surface area contributed by atoms with Gasteiger partial charge in [0.15, 0.2) is 5.13 Å². The number of hydrogen-bond donors (Lipinski definition) is 2. The average Bonchev–Trinajstić information content (AvgIpc) is 3.50. The Bertz CT molecular complexity index is 1290. The summed E-state index contributed by atoms with van der Waals surface area (Å²) >= 11 is 1.30. The molecule has 0 saturated carbocycles. The Morgan fingerprint density at radius 3 is 1.72 bits per heavy atom. The number of carboxylic acid groups (broad SMARTS) is 1. The van der Waals surface area contributed by atoms with Gasteiger partial charge in [0.05, 0.1) is 0 Å². The number of thiazole rings is 1. The largest absolute Gasteiger partial charge is 0.476 e. The molecule has 0 aliphatic rings. The van der Waals surface area contributed by atoms with E-state index in [0.29, 0.717) is 11.7 Å². The Hall–Kier alpha value is -4.05. The number of hydrogen-bond acceptors (Lipinski definition) is 8. The maximum absolute atomic E-state index is 11.9. The van der Waals surface area contributed by atoms with Gasteiger partial charge < -0.3 is 24.9 Å². The third-order valence-electron chi connectivity index (χ3n) is 6.90. The molecule has 0 aliphatic carbocycles. The van der Waals surface area contributed by atoms with Gasteiger partial charge in [-0.3, -0.25) is 0 Å². The van der Waals surface area contributed by atoms with Crippen molar-refractivity contribution in [1.29, 1.82) is 0 Å². The topological polar surface area (TPSA) is 96.3 Å². The summed E-state index contributed by atoms with van der Waals surface area (Å²) in [7, 11) is 0. The smallest absolute Gasteiger partial charge is 0.360 e. The summed E-state index contributed by atoms with van der Waals surface area (Å²) in [5.74, 6) is -1.24. The van der Waals surface area contributed by atoms with Crippen molar-refractivity contribution in [3.8, 4) is 0 Å². The molecule has 8 nitrogen and oxygen atoms in total. The highest BCUT2D eigenvalue weighted by Crippen LogP contribution is 2.40. The third-order valence-corrected chi connectivity index (χ3v) is 7.66. The van der Waals surface area contributed by atoms with Crippen molar-refractivity contribution >= 4 is 28.1 Å². The zero-order valence-electron chi connectivity index (χ0n) is 25.6. The first-order valence-electron chi connectivity index (χ1n) is 14.6. The molecule has 0 radical (unpaired) electrons. The van der Waals surface area contributed by atoms with Crippen LogP contribution in [-0.4, -0.2) is 59.2 Å². The van der Waals surface area contributed by atoms with E-state index in [2.05, 4.69) is 77.5 Å². The third kappa shape index (κ3) is 8.97. The normalized spacial score (nSPS) is 12.3. The molecule has 0 amide bonds. The van der Waals surface area contributed by atoms with E-state index < -0.39 is 17.8 Å². The molecule has 0 aliphatic heterocycles. The van der Waals surface area contributed by atoms with Gasteiger partial charge in [0.2, 0.25) is 12.0 Å². The summed E-state index contributed by atoms with van der Waals surface area (Å²) in [6.07, 6.45) is -0.678. The van der Waals surface area contributed by atoms with Gasteiger partial charge in [-0.2, -0.15) is 0 Å². The lowest BCUT2D eigenvalue weighted by atomic mass is 9.77. The molecule has 2 N–H and O–H groups in total. The van der Waals surface area contributed by atoms with E-state index in [9.17, 15) is 9.90 Å². The van der Waals surface area contributed by atoms with E-state index in [0.717, 1.165) is 16.7 Å². The Labute approximate surface area is 259 Å². The van der Waals surface area contributed by atoms with Gasteiger partial charge in [-0.15, -0.1) is 11.3 Å². The van der Waals surface area contributed by atoms with Gasteiger partial charge in [0.25, 0.3) is 0 Å². The quantitative estimate of drug-likeness (QED) is 0.0689. The van der Waals surface area contributed by atoms with Gasteiger partial charge in [-0.25, -0.2) is 9.78 Å². The van der Waals surface area contributed by atoms with Crippen LogP contribution in [0.2, 0.25) is 0 Å². The summed E-state index contributed by atoms with van der Waals surface area (Å²) in [4.78, 5) is 24.1. The van der Waals surface area contributed by atoms with Crippen molar-refractivity contribution in [1.82, 2.24) is 9.88 Å². The maximum Gasteiger partial charge on any atom is 0.360 e. The number of rotatable bonds is 14. The lowest BCUT2D eigenvalue weighted by Crippen LogP contribution is -2.38. The molecule has 1 unspecified atom stereocenters. The number of aromatic nitrogens is 1. The molecule has 1 atom stereocenters. The fourth-order valence-electron chi connectivity index (χ4n) is 4.64. The summed E-state index contributed by atoms with van der Waals surface area (Å²) in [5.41, 5.74) is 2.16. The second-order valence-electron chi connectivity index (χ2n) is 9.50. The molecule has 0 bridgehead atoms. The minimum absolute atomic E-state index is 0.196. The highest BCUT2D eigenvalue weighted by atomic mass is 32.1. The minimum Gasteiger partial charge on any atom is -0.476 e. The monoisotopic (exact) mass is 602 g/mol. The van der Waals surface area contributed by atoms with Crippen LogP contribution in [0.15, 0.2) is 102 Å². The average molecular weight is 603 g/mol. The number of nitrogens with one attached hydrogen (secondary N) is 1. The number of carboxylic acids is 1.